The first-order chi connectivity index (χ1) is 6.11. The molecule has 0 saturated carbocycles. The third kappa shape index (κ3) is 0.950. The topological polar surface area (TPSA) is 77.8 Å². The summed E-state index contributed by atoms with van der Waals surface area (Å²) in [6.07, 6.45) is 0.835. The zero-order valence-corrected chi connectivity index (χ0v) is 6.74. The van der Waals surface area contributed by atoms with Crippen molar-refractivity contribution in [1.29, 1.82) is 0 Å². The molecule has 1 aromatic rings. The zero-order chi connectivity index (χ0) is 9.59. The number of fused-ring (bicyclic) bond motifs is 1. The van der Waals surface area contributed by atoms with Crippen LogP contribution in [0.5, 0.6) is 17.2 Å². The average molecular weight is 180 g/mol. The van der Waals surface area contributed by atoms with Gasteiger partial charge in [-0.1, -0.05) is 0 Å². The van der Waals surface area contributed by atoms with E-state index in [1.165, 1.54) is 6.07 Å². The molecule has 0 heterocycles. The van der Waals surface area contributed by atoms with E-state index in [9.17, 15) is 9.90 Å². The van der Waals surface area contributed by atoms with Crippen LogP contribution in [0.1, 0.15) is 22.3 Å². The molecular formula is C9H8O4. The van der Waals surface area contributed by atoms with Gasteiger partial charge in [-0.15, -0.1) is 0 Å². The normalized spacial score (nSPS) is 14.6. The molecule has 1 aromatic carbocycles. The fourth-order valence-electron chi connectivity index (χ4n) is 1.58. The molecule has 1 aliphatic rings. The lowest BCUT2D eigenvalue weighted by Gasteiger charge is -2.05. The standard InChI is InChI=1S/C9H8O4/c10-5-2-1-4-3-6(11)8(12)9(13)7(4)5/h3,11-13H,1-2H2. The van der Waals surface area contributed by atoms with Gasteiger partial charge >= 0.3 is 0 Å². The summed E-state index contributed by atoms with van der Waals surface area (Å²) >= 11 is 0. The molecule has 0 aliphatic heterocycles. The minimum absolute atomic E-state index is 0.148. The SMILES string of the molecule is O=C1CCc2cc(O)c(O)c(O)c21. The number of carbonyl (C=O) groups excluding carboxylic acids is 1. The van der Waals surface area contributed by atoms with E-state index in [-0.39, 0.29) is 17.1 Å². The minimum atomic E-state index is -0.617. The van der Waals surface area contributed by atoms with Crippen LogP contribution < -0.4 is 0 Å². The number of hydrogen-bond donors (Lipinski definition) is 3. The quantitative estimate of drug-likeness (QED) is 0.519. The van der Waals surface area contributed by atoms with Crippen molar-refractivity contribution in [2.75, 3.05) is 0 Å². The van der Waals surface area contributed by atoms with Crippen LogP contribution in [0, 0.1) is 0 Å². The molecule has 0 amide bonds. The van der Waals surface area contributed by atoms with E-state index in [0.29, 0.717) is 18.4 Å². The zero-order valence-electron chi connectivity index (χ0n) is 6.74. The Kier molecular flexibility index (Phi) is 1.45. The lowest BCUT2D eigenvalue weighted by atomic mass is 10.1. The molecule has 3 N–H and O–H groups in total. The van der Waals surface area contributed by atoms with Gasteiger partial charge in [0, 0.05) is 6.42 Å². The Hall–Kier alpha value is -1.71. The number of ketones is 1. The van der Waals surface area contributed by atoms with Crippen LogP contribution in [0.2, 0.25) is 0 Å². The highest BCUT2D eigenvalue weighted by atomic mass is 16.3. The van der Waals surface area contributed by atoms with E-state index in [1.807, 2.05) is 0 Å². The van der Waals surface area contributed by atoms with Crippen LogP contribution in [0.4, 0.5) is 0 Å². The number of aromatic hydroxyl groups is 3. The molecule has 68 valence electrons. The van der Waals surface area contributed by atoms with Crippen LogP contribution in [-0.2, 0) is 6.42 Å². The summed E-state index contributed by atoms with van der Waals surface area (Å²) in [5.74, 6) is -1.69. The van der Waals surface area contributed by atoms with Crippen molar-refractivity contribution in [2.45, 2.75) is 12.8 Å². The Labute approximate surface area is 74.1 Å². The maximum absolute atomic E-state index is 11.2. The van der Waals surface area contributed by atoms with E-state index in [1.54, 1.807) is 0 Å². The van der Waals surface area contributed by atoms with Crippen LogP contribution in [0.25, 0.3) is 0 Å². The molecule has 0 saturated heterocycles. The number of phenols is 3. The minimum Gasteiger partial charge on any atom is -0.504 e. The van der Waals surface area contributed by atoms with Crippen molar-refractivity contribution < 1.29 is 20.1 Å². The second-order valence-corrected chi connectivity index (χ2v) is 3.05. The van der Waals surface area contributed by atoms with Crippen LogP contribution in [0.15, 0.2) is 6.07 Å². The molecule has 0 bridgehead atoms. The van der Waals surface area contributed by atoms with Crippen molar-refractivity contribution in [3.8, 4) is 17.2 Å². The lowest BCUT2D eigenvalue weighted by Crippen LogP contribution is -1.92. The maximum Gasteiger partial charge on any atom is 0.201 e. The third-order valence-electron chi connectivity index (χ3n) is 2.24. The number of aryl methyl sites for hydroxylation is 1. The molecule has 4 heteroatoms. The van der Waals surface area contributed by atoms with Gasteiger partial charge in [-0.3, -0.25) is 4.79 Å². The highest BCUT2D eigenvalue weighted by Crippen LogP contribution is 2.42. The van der Waals surface area contributed by atoms with Crippen LogP contribution >= 0.6 is 0 Å². The highest BCUT2D eigenvalue weighted by molar-refractivity contribution is 6.03. The molecular weight excluding hydrogens is 172 g/mol. The van der Waals surface area contributed by atoms with Crippen molar-refractivity contribution in [1.82, 2.24) is 0 Å². The molecule has 0 unspecified atom stereocenters. The van der Waals surface area contributed by atoms with Gasteiger partial charge in [0.1, 0.15) is 0 Å². The van der Waals surface area contributed by atoms with Crippen LogP contribution in [-0.4, -0.2) is 21.1 Å². The fraction of sp³-hybridized carbons (Fsp3) is 0.222. The predicted molar refractivity (Wildman–Crippen MR) is 44.1 cm³/mol. The van der Waals surface area contributed by atoms with Crippen molar-refractivity contribution in [3.05, 3.63) is 17.2 Å². The van der Waals surface area contributed by atoms with E-state index in [2.05, 4.69) is 0 Å². The second kappa shape index (κ2) is 2.39. The van der Waals surface area contributed by atoms with Gasteiger partial charge in [-0.05, 0) is 18.1 Å². The summed E-state index contributed by atoms with van der Waals surface area (Å²) in [7, 11) is 0. The Bertz CT molecular complexity index is 395. The predicted octanol–water partition coefficient (Wildman–Crippen LogP) is 0.932. The van der Waals surface area contributed by atoms with Gasteiger partial charge in [0.15, 0.2) is 17.3 Å². The number of rotatable bonds is 0. The van der Waals surface area contributed by atoms with Crippen molar-refractivity contribution in [2.24, 2.45) is 0 Å². The Morgan fingerprint density at radius 1 is 1.08 bits per heavy atom. The van der Waals surface area contributed by atoms with Gasteiger partial charge in [-0.2, -0.15) is 0 Å². The first-order valence-electron chi connectivity index (χ1n) is 3.91. The molecule has 0 spiro atoms. The van der Waals surface area contributed by atoms with Crippen molar-refractivity contribution >= 4 is 5.78 Å². The summed E-state index contributed by atoms with van der Waals surface area (Å²) in [6, 6.07) is 1.31. The lowest BCUT2D eigenvalue weighted by molar-refractivity contribution is 0.0992. The van der Waals surface area contributed by atoms with Gasteiger partial charge in [0.25, 0.3) is 0 Å². The van der Waals surface area contributed by atoms with E-state index < -0.39 is 11.5 Å². The molecule has 2 rings (SSSR count). The van der Waals surface area contributed by atoms with Gasteiger partial charge in [-0.25, -0.2) is 0 Å². The van der Waals surface area contributed by atoms with Crippen molar-refractivity contribution in [3.63, 3.8) is 0 Å². The molecule has 13 heavy (non-hydrogen) atoms. The molecule has 0 radical (unpaired) electrons. The number of benzene rings is 1. The van der Waals surface area contributed by atoms with Gasteiger partial charge < -0.3 is 15.3 Å². The van der Waals surface area contributed by atoms with E-state index in [4.69, 9.17) is 10.2 Å². The Morgan fingerprint density at radius 2 is 1.77 bits per heavy atom. The monoisotopic (exact) mass is 180 g/mol. The third-order valence-corrected chi connectivity index (χ3v) is 2.24. The second-order valence-electron chi connectivity index (χ2n) is 3.05. The Morgan fingerprint density at radius 3 is 2.46 bits per heavy atom. The Balaban J connectivity index is 2.75. The smallest absolute Gasteiger partial charge is 0.201 e. The fourth-order valence-corrected chi connectivity index (χ4v) is 1.58. The van der Waals surface area contributed by atoms with E-state index in [0.717, 1.165) is 0 Å². The van der Waals surface area contributed by atoms with Gasteiger partial charge in [0.05, 0.1) is 5.56 Å². The summed E-state index contributed by atoms with van der Waals surface area (Å²) in [6.45, 7) is 0. The van der Waals surface area contributed by atoms with Crippen LogP contribution in [0.3, 0.4) is 0 Å². The molecule has 4 nitrogen and oxygen atoms in total. The largest absolute Gasteiger partial charge is 0.504 e. The number of carbonyl (C=O) groups is 1. The summed E-state index contributed by atoms with van der Waals surface area (Å²) in [5, 5.41) is 27.6. The summed E-state index contributed by atoms with van der Waals surface area (Å²) in [5.41, 5.74) is 0.744. The number of hydrogen-bond acceptors (Lipinski definition) is 4. The molecule has 0 atom stereocenters. The first kappa shape index (κ1) is 7.91. The summed E-state index contributed by atoms with van der Waals surface area (Å²) in [4.78, 5) is 11.2. The number of Topliss-reactive ketones (excluding diaryl/α,β-unsaturated/α-hetero) is 1. The summed E-state index contributed by atoms with van der Waals surface area (Å²) < 4.78 is 0. The molecule has 0 fully saturated rings. The van der Waals surface area contributed by atoms with E-state index >= 15 is 0 Å². The first-order valence-corrected chi connectivity index (χ1v) is 3.91. The maximum atomic E-state index is 11.2. The number of phenolic OH excluding ortho intramolecular Hbond substituents is 3. The van der Waals surface area contributed by atoms with Gasteiger partial charge in [0.2, 0.25) is 5.75 Å². The highest BCUT2D eigenvalue weighted by Gasteiger charge is 2.27. The molecule has 0 aromatic heterocycles. The average Bonchev–Trinajstić information content (AvgIpc) is 2.43. The molecule has 1 aliphatic carbocycles.